The average molecular weight is 484 g/mol. The number of likely N-dealkylation sites (tertiary alicyclic amines) is 1. The number of rotatable bonds is 6. The number of aromatic nitrogens is 5. The molecule has 4 aromatic rings. The number of nitrogens with zero attached hydrogens (tertiary/aromatic N) is 6. The van der Waals surface area contributed by atoms with E-state index in [0.29, 0.717) is 24.4 Å². The summed E-state index contributed by atoms with van der Waals surface area (Å²) in [7, 11) is 1.52. The SMILES string of the molecule is COc1nc(N[C@H]2CCN(C(C)=O)C[C@H]2F)nn2ccc(-c3ccc4nc(C)n(CCF)c4c3)c12. The van der Waals surface area contributed by atoms with Gasteiger partial charge in [-0.2, -0.15) is 4.98 Å². The number of piperidine rings is 1. The number of nitrogens with one attached hydrogen (secondary N) is 1. The minimum Gasteiger partial charge on any atom is -0.479 e. The molecule has 0 bridgehead atoms. The standard InChI is InChI=1S/C24H27F2N7O2/c1-14-27-20-5-4-16(12-21(20)32(14)11-8-25)17-6-10-33-22(17)23(35-3)29-24(30-33)28-19-7-9-31(15(2)34)13-18(19)26/h4-6,10,12,18-19H,7-9,11,13H2,1-3H3,(H,28,30)/t18-,19+/m1/s1. The molecule has 5 rings (SSSR count). The summed E-state index contributed by atoms with van der Waals surface area (Å²) in [5, 5.41) is 7.60. The predicted molar refractivity (Wildman–Crippen MR) is 128 cm³/mol. The number of carbonyl (C=O) groups is 1. The van der Waals surface area contributed by atoms with Gasteiger partial charge in [0, 0.05) is 25.2 Å². The highest BCUT2D eigenvalue weighted by Crippen LogP contribution is 2.33. The van der Waals surface area contributed by atoms with E-state index in [2.05, 4.69) is 20.4 Å². The predicted octanol–water partition coefficient (Wildman–Crippen LogP) is 3.40. The molecule has 0 radical (unpaired) electrons. The van der Waals surface area contributed by atoms with Crippen LogP contribution in [0.5, 0.6) is 5.88 Å². The quantitative estimate of drug-likeness (QED) is 0.452. The summed E-state index contributed by atoms with van der Waals surface area (Å²) in [6, 6.07) is 7.23. The number of imidazole rings is 1. The van der Waals surface area contributed by atoms with E-state index < -0.39 is 18.9 Å². The van der Waals surface area contributed by atoms with Crippen molar-refractivity contribution in [3.05, 3.63) is 36.3 Å². The third-order valence-corrected chi connectivity index (χ3v) is 6.53. The highest BCUT2D eigenvalue weighted by atomic mass is 19.1. The summed E-state index contributed by atoms with van der Waals surface area (Å²) < 4.78 is 36.9. The second kappa shape index (κ2) is 9.12. The van der Waals surface area contributed by atoms with E-state index in [9.17, 15) is 13.6 Å². The van der Waals surface area contributed by atoms with Crippen molar-refractivity contribution in [3.8, 4) is 17.0 Å². The zero-order valence-electron chi connectivity index (χ0n) is 19.8. The molecular weight excluding hydrogens is 456 g/mol. The molecule has 0 spiro atoms. The molecule has 35 heavy (non-hydrogen) atoms. The highest BCUT2D eigenvalue weighted by molar-refractivity contribution is 5.90. The number of benzene rings is 1. The van der Waals surface area contributed by atoms with Crippen LogP contribution >= 0.6 is 0 Å². The maximum Gasteiger partial charge on any atom is 0.244 e. The third-order valence-electron chi connectivity index (χ3n) is 6.53. The van der Waals surface area contributed by atoms with Crippen molar-refractivity contribution in [2.45, 2.75) is 39.0 Å². The van der Waals surface area contributed by atoms with Gasteiger partial charge in [-0.25, -0.2) is 18.3 Å². The number of hydrogen-bond donors (Lipinski definition) is 1. The van der Waals surface area contributed by atoms with Crippen molar-refractivity contribution < 1.29 is 18.3 Å². The fourth-order valence-electron chi connectivity index (χ4n) is 4.73. The van der Waals surface area contributed by atoms with Gasteiger partial charge in [-0.15, -0.1) is 5.10 Å². The van der Waals surface area contributed by atoms with Crippen molar-refractivity contribution in [3.63, 3.8) is 0 Å². The van der Waals surface area contributed by atoms with Gasteiger partial charge in [0.2, 0.25) is 17.7 Å². The van der Waals surface area contributed by atoms with Gasteiger partial charge in [0.1, 0.15) is 24.2 Å². The third kappa shape index (κ3) is 4.15. The molecular formula is C24H27F2N7O2. The smallest absolute Gasteiger partial charge is 0.244 e. The molecule has 1 aliphatic heterocycles. The molecule has 1 saturated heterocycles. The zero-order valence-corrected chi connectivity index (χ0v) is 19.8. The molecule has 0 aliphatic carbocycles. The molecule has 11 heteroatoms. The molecule has 1 amide bonds. The van der Waals surface area contributed by atoms with Crippen LogP contribution in [0.2, 0.25) is 0 Å². The van der Waals surface area contributed by atoms with Crippen molar-refractivity contribution in [1.29, 1.82) is 0 Å². The Labute approximate surface area is 200 Å². The Kier molecular flexibility index (Phi) is 6.00. The molecule has 1 aliphatic rings. The van der Waals surface area contributed by atoms with Crippen LogP contribution in [0.4, 0.5) is 14.7 Å². The summed E-state index contributed by atoms with van der Waals surface area (Å²) in [5.41, 5.74) is 4.05. The van der Waals surface area contributed by atoms with Crippen LogP contribution in [0.3, 0.4) is 0 Å². The molecule has 1 N–H and O–H groups in total. The van der Waals surface area contributed by atoms with Gasteiger partial charge in [-0.05, 0) is 37.1 Å². The first-order valence-corrected chi connectivity index (χ1v) is 11.5. The van der Waals surface area contributed by atoms with E-state index in [1.54, 1.807) is 10.7 Å². The zero-order chi connectivity index (χ0) is 24.7. The number of methoxy groups -OCH3 is 1. The molecule has 184 valence electrons. The van der Waals surface area contributed by atoms with Gasteiger partial charge in [-0.3, -0.25) is 4.79 Å². The minimum absolute atomic E-state index is 0.0426. The second-order valence-electron chi connectivity index (χ2n) is 8.69. The van der Waals surface area contributed by atoms with E-state index in [-0.39, 0.29) is 24.9 Å². The van der Waals surface area contributed by atoms with Crippen molar-refractivity contribution in [1.82, 2.24) is 29.0 Å². The van der Waals surface area contributed by atoms with E-state index in [1.807, 2.05) is 35.8 Å². The van der Waals surface area contributed by atoms with E-state index >= 15 is 0 Å². The Hall–Kier alpha value is -3.76. The average Bonchev–Trinajstić information content (AvgIpc) is 3.40. The summed E-state index contributed by atoms with van der Waals surface area (Å²) in [6.45, 7) is 3.59. The first-order chi connectivity index (χ1) is 16.9. The van der Waals surface area contributed by atoms with E-state index in [0.717, 1.165) is 28.0 Å². The number of aryl methyl sites for hydroxylation is 2. The Morgan fingerprint density at radius 3 is 2.83 bits per heavy atom. The lowest BCUT2D eigenvalue weighted by atomic mass is 10.0. The number of ether oxygens (including phenoxy) is 1. The van der Waals surface area contributed by atoms with Crippen LogP contribution in [0.1, 0.15) is 19.2 Å². The Morgan fingerprint density at radius 1 is 1.29 bits per heavy atom. The molecule has 0 saturated carbocycles. The first kappa shape index (κ1) is 23.0. The van der Waals surface area contributed by atoms with Crippen LogP contribution in [-0.2, 0) is 11.3 Å². The Balaban J connectivity index is 1.48. The molecule has 0 unspecified atom stereocenters. The van der Waals surface area contributed by atoms with Crippen LogP contribution in [-0.4, -0.2) is 74.0 Å². The Morgan fingerprint density at radius 2 is 2.11 bits per heavy atom. The van der Waals surface area contributed by atoms with Crippen LogP contribution in [0.15, 0.2) is 30.5 Å². The van der Waals surface area contributed by atoms with Crippen LogP contribution in [0.25, 0.3) is 27.7 Å². The topological polar surface area (TPSA) is 89.6 Å². The lowest BCUT2D eigenvalue weighted by Gasteiger charge is -2.34. The van der Waals surface area contributed by atoms with Crippen LogP contribution < -0.4 is 10.1 Å². The van der Waals surface area contributed by atoms with E-state index in [1.165, 1.54) is 18.9 Å². The molecule has 4 heterocycles. The largest absolute Gasteiger partial charge is 0.479 e. The summed E-state index contributed by atoms with van der Waals surface area (Å²) in [5.74, 6) is 1.21. The number of halogens is 2. The maximum absolute atomic E-state index is 14.7. The summed E-state index contributed by atoms with van der Waals surface area (Å²) >= 11 is 0. The lowest BCUT2D eigenvalue weighted by molar-refractivity contribution is -0.131. The highest BCUT2D eigenvalue weighted by Gasteiger charge is 2.31. The number of carbonyl (C=O) groups excluding carboxylic acids is 1. The van der Waals surface area contributed by atoms with Crippen LogP contribution in [0, 0.1) is 6.92 Å². The number of alkyl halides is 2. The summed E-state index contributed by atoms with van der Waals surface area (Å²) in [4.78, 5) is 22.1. The number of fused-ring (bicyclic) bond motifs is 2. The molecule has 9 nitrogen and oxygen atoms in total. The minimum atomic E-state index is -1.23. The second-order valence-corrected chi connectivity index (χ2v) is 8.69. The number of anilines is 1. The fourth-order valence-corrected chi connectivity index (χ4v) is 4.73. The van der Waals surface area contributed by atoms with Gasteiger partial charge in [-0.1, -0.05) is 6.07 Å². The number of amides is 1. The monoisotopic (exact) mass is 483 g/mol. The Bertz CT molecular complexity index is 1400. The maximum atomic E-state index is 14.7. The number of hydrogen-bond acceptors (Lipinski definition) is 6. The van der Waals surface area contributed by atoms with Gasteiger partial charge < -0.3 is 19.5 Å². The van der Waals surface area contributed by atoms with Gasteiger partial charge >= 0.3 is 0 Å². The van der Waals surface area contributed by atoms with Crippen molar-refractivity contribution in [2.24, 2.45) is 0 Å². The fraction of sp³-hybridized carbons (Fsp3) is 0.417. The molecule has 3 aromatic heterocycles. The first-order valence-electron chi connectivity index (χ1n) is 11.5. The molecule has 1 aromatic carbocycles. The van der Waals surface area contributed by atoms with Crippen molar-refractivity contribution >= 4 is 28.4 Å². The summed E-state index contributed by atoms with van der Waals surface area (Å²) in [6.07, 6.45) is 1.01. The molecule has 1 fully saturated rings. The van der Waals surface area contributed by atoms with Gasteiger partial charge in [0.25, 0.3) is 0 Å². The van der Waals surface area contributed by atoms with E-state index in [4.69, 9.17) is 4.74 Å². The normalized spacial score (nSPS) is 18.4. The van der Waals surface area contributed by atoms with Gasteiger partial charge in [0.05, 0.1) is 37.3 Å². The molecule has 2 atom stereocenters. The van der Waals surface area contributed by atoms with Gasteiger partial charge in [0.15, 0.2) is 0 Å². The lowest BCUT2D eigenvalue weighted by Crippen LogP contribution is -2.49. The van der Waals surface area contributed by atoms with Crippen molar-refractivity contribution in [2.75, 3.05) is 32.2 Å².